The van der Waals surface area contributed by atoms with Crippen LogP contribution in [0.15, 0.2) is 35.2 Å². The second-order valence-electron chi connectivity index (χ2n) is 5.11. The quantitative estimate of drug-likeness (QED) is 0.501. The van der Waals surface area contributed by atoms with Gasteiger partial charge >= 0.3 is 5.97 Å². The molecule has 0 spiro atoms. The van der Waals surface area contributed by atoms with Crippen molar-refractivity contribution in [3.63, 3.8) is 0 Å². The van der Waals surface area contributed by atoms with Gasteiger partial charge in [0, 0.05) is 17.2 Å². The van der Waals surface area contributed by atoms with Crippen LogP contribution in [0.1, 0.15) is 19.3 Å². The van der Waals surface area contributed by atoms with Crippen LogP contribution in [0.5, 0.6) is 0 Å². The van der Waals surface area contributed by atoms with Crippen LogP contribution in [0.25, 0.3) is 0 Å². The fraction of sp³-hybridized carbons (Fsp3) is 0.467. The fourth-order valence-corrected chi connectivity index (χ4v) is 2.97. The molecular formula is C15H20N2O3S. The Bertz CT molecular complexity index is 489. The summed E-state index contributed by atoms with van der Waals surface area (Å²) >= 11 is 1.68. The molecule has 2 rings (SSSR count). The van der Waals surface area contributed by atoms with E-state index in [0.29, 0.717) is 19.4 Å². The zero-order chi connectivity index (χ0) is 15.1. The van der Waals surface area contributed by atoms with Gasteiger partial charge in [0.1, 0.15) is 5.54 Å². The highest BCUT2D eigenvalue weighted by Crippen LogP contribution is 2.31. The second kappa shape index (κ2) is 7.47. The summed E-state index contributed by atoms with van der Waals surface area (Å²) in [7, 11) is 0. The maximum atomic E-state index is 11.7. The Hall–Kier alpha value is -1.53. The third-order valence-electron chi connectivity index (χ3n) is 3.64. The van der Waals surface area contributed by atoms with E-state index in [9.17, 15) is 9.59 Å². The van der Waals surface area contributed by atoms with Crippen LogP contribution in [0.2, 0.25) is 0 Å². The lowest BCUT2D eigenvalue weighted by molar-refractivity contribution is -0.148. The molecule has 1 amide bonds. The molecule has 21 heavy (non-hydrogen) atoms. The average molecular weight is 308 g/mol. The molecule has 1 aromatic carbocycles. The van der Waals surface area contributed by atoms with Crippen molar-refractivity contribution in [1.82, 2.24) is 10.6 Å². The number of rotatable bonds is 8. The summed E-state index contributed by atoms with van der Waals surface area (Å²) in [5, 5.41) is 14.8. The number of carboxylic acid groups (broad SMARTS) is 1. The molecule has 0 radical (unpaired) electrons. The first kappa shape index (κ1) is 15.9. The number of hydrogen-bond donors (Lipinski definition) is 3. The first-order valence-corrected chi connectivity index (χ1v) is 8.04. The Kier molecular flexibility index (Phi) is 5.64. The van der Waals surface area contributed by atoms with Crippen LogP contribution < -0.4 is 10.6 Å². The van der Waals surface area contributed by atoms with Crippen LogP contribution in [-0.4, -0.2) is 41.4 Å². The van der Waals surface area contributed by atoms with Gasteiger partial charge < -0.3 is 10.4 Å². The van der Waals surface area contributed by atoms with Crippen molar-refractivity contribution in [3.05, 3.63) is 30.3 Å². The summed E-state index contributed by atoms with van der Waals surface area (Å²) in [6.07, 6.45) is 2.09. The molecule has 1 fully saturated rings. The highest BCUT2D eigenvalue weighted by atomic mass is 32.2. The lowest BCUT2D eigenvalue weighted by Crippen LogP contribution is -2.59. The molecule has 1 saturated carbocycles. The Balaban J connectivity index is 1.61. The highest BCUT2D eigenvalue weighted by Gasteiger charge is 2.44. The summed E-state index contributed by atoms with van der Waals surface area (Å²) in [6, 6.07) is 9.99. The Morgan fingerprint density at radius 1 is 1.24 bits per heavy atom. The smallest absolute Gasteiger partial charge is 0.323 e. The fourth-order valence-electron chi connectivity index (χ4n) is 2.18. The van der Waals surface area contributed by atoms with Crippen LogP contribution in [0, 0.1) is 0 Å². The third-order valence-corrected chi connectivity index (χ3v) is 4.65. The Morgan fingerprint density at radius 2 is 1.95 bits per heavy atom. The van der Waals surface area contributed by atoms with Crippen molar-refractivity contribution in [2.45, 2.75) is 29.7 Å². The number of carboxylic acids is 1. The van der Waals surface area contributed by atoms with E-state index in [1.54, 1.807) is 11.8 Å². The van der Waals surface area contributed by atoms with Gasteiger partial charge in [-0.05, 0) is 31.4 Å². The van der Waals surface area contributed by atoms with E-state index < -0.39 is 11.5 Å². The lowest BCUT2D eigenvalue weighted by atomic mass is 9.77. The molecule has 3 N–H and O–H groups in total. The van der Waals surface area contributed by atoms with E-state index in [0.717, 1.165) is 12.2 Å². The molecule has 0 aromatic heterocycles. The van der Waals surface area contributed by atoms with Gasteiger partial charge in [0.2, 0.25) is 5.91 Å². The lowest BCUT2D eigenvalue weighted by Gasteiger charge is -2.38. The SMILES string of the molecule is O=C(CNC1(C(=O)O)CCC1)NCCSc1ccccc1. The number of carbonyl (C=O) groups excluding carboxylic acids is 1. The van der Waals surface area contributed by atoms with Gasteiger partial charge in [0.25, 0.3) is 0 Å². The number of nitrogens with one attached hydrogen (secondary N) is 2. The summed E-state index contributed by atoms with van der Waals surface area (Å²) in [6.45, 7) is 0.627. The minimum atomic E-state index is -0.879. The Labute approximate surface area is 128 Å². The van der Waals surface area contributed by atoms with Crippen molar-refractivity contribution in [3.8, 4) is 0 Å². The van der Waals surface area contributed by atoms with Crippen LogP contribution in [0.4, 0.5) is 0 Å². The number of thioether (sulfide) groups is 1. The summed E-state index contributed by atoms with van der Waals surface area (Å²) in [5.74, 6) is -0.225. The van der Waals surface area contributed by atoms with Gasteiger partial charge in [0.15, 0.2) is 0 Å². The molecule has 5 nitrogen and oxygen atoms in total. The third kappa shape index (κ3) is 4.47. The Morgan fingerprint density at radius 3 is 2.52 bits per heavy atom. The molecule has 0 saturated heterocycles. The molecule has 114 valence electrons. The topological polar surface area (TPSA) is 78.4 Å². The van der Waals surface area contributed by atoms with Gasteiger partial charge in [-0.1, -0.05) is 18.2 Å². The van der Waals surface area contributed by atoms with Crippen molar-refractivity contribution < 1.29 is 14.7 Å². The maximum Gasteiger partial charge on any atom is 0.323 e. The van der Waals surface area contributed by atoms with E-state index in [4.69, 9.17) is 5.11 Å². The summed E-state index contributed by atoms with van der Waals surface area (Å²) in [4.78, 5) is 24.0. The van der Waals surface area contributed by atoms with E-state index in [-0.39, 0.29) is 12.5 Å². The van der Waals surface area contributed by atoms with Crippen LogP contribution in [0.3, 0.4) is 0 Å². The predicted octanol–water partition coefficient (Wildman–Crippen LogP) is 1.49. The van der Waals surface area contributed by atoms with Crippen molar-refractivity contribution in [1.29, 1.82) is 0 Å². The highest BCUT2D eigenvalue weighted by molar-refractivity contribution is 7.99. The molecule has 6 heteroatoms. The van der Waals surface area contributed by atoms with E-state index in [2.05, 4.69) is 10.6 Å². The zero-order valence-corrected chi connectivity index (χ0v) is 12.6. The van der Waals surface area contributed by atoms with Crippen molar-refractivity contribution >= 4 is 23.6 Å². The minimum absolute atomic E-state index is 0.0578. The standard InChI is InChI=1S/C15H20N2O3S/c18-13(11-17-15(14(19)20)7-4-8-15)16-9-10-21-12-5-2-1-3-6-12/h1-3,5-6,17H,4,7-11H2,(H,16,18)(H,19,20). The number of hydrogen-bond acceptors (Lipinski definition) is 4. The molecule has 1 aliphatic rings. The number of carbonyl (C=O) groups is 2. The minimum Gasteiger partial charge on any atom is -0.480 e. The summed E-state index contributed by atoms with van der Waals surface area (Å²) in [5.41, 5.74) is -0.879. The van der Waals surface area contributed by atoms with Gasteiger partial charge in [-0.15, -0.1) is 11.8 Å². The van der Waals surface area contributed by atoms with Gasteiger partial charge in [0.05, 0.1) is 6.54 Å². The van der Waals surface area contributed by atoms with Gasteiger partial charge in [-0.2, -0.15) is 0 Å². The van der Waals surface area contributed by atoms with Crippen molar-refractivity contribution in [2.75, 3.05) is 18.8 Å². The number of aliphatic carboxylic acids is 1. The molecule has 1 aliphatic carbocycles. The molecular weight excluding hydrogens is 288 g/mol. The molecule has 0 heterocycles. The first-order valence-electron chi connectivity index (χ1n) is 7.05. The largest absolute Gasteiger partial charge is 0.480 e. The van der Waals surface area contributed by atoms with Crippen LogP contribution in [-0.2, 0) is 9.59 Å². The molecule has 0 atom stereocenters. The number of benzene rings is 1. The average Bonchev–Trinajstić information content (AvgIpc) is 2.43. The van der Waals surface area contributed by atoms with Crippen LogP contribution >= 0.6 is 11.8 Å². The summed E-state index contributed by atoms with van der Waals surface area (Å²) < 4.78 is 0. The van der Waals surface area contributed by atoms with Gasteiger partial charge in [-0.25, -0.2) is 0 Å². The molecule has 0 bridgehead atoms. The van der Waals surface area contributed by atoms with E-state index in [1.165, 1.54) is 4.90 Å². The van der Waals surface area contributed by atoms with E-state index >= 15 is 0 Å². The predicted molar refractivity (Wildman–Crippen MR) is 82.4 cm³/mol. The van der Waals surface area contributed by atoms with E-state index in [1.807, 2.05) is 30.3 Å². The normalized spacial score (nSPS) is 16.0. The van der Waals surface area contributed by atoms with Gasteiger partial charge in [-0.3, -0.25) is 14.9 Å². The molecule has 1 aromatic rings. The molecule has 0 unspecified atom stereocenters. The molecule has 0 aliphatic heterocycles. The second-order valence-corrected chi connectivity index (χ2v) is 6.27. The van der Waals surface area contributed by atoms with Crippen molar-refractivity contribution in [2.24, 2.45) is 0 Å². The monoisotopic (exact) mass is 308 g/mol. The first-order chi connectivity index (χ1) is 10.1. The zero-order valence-electron chi connectivity index (χ0n) is 11.8. The maximum absolute atomic E-state index is 11.7. The number of amides is 1.